The molecule has 4 aromatic heterocycles. The highest BCUT2D eigenvalue weighted by Crippen LogP contribution is 2.67. The van der Waals surface area contributed by atoms with Crippen LogP contribution in [0.3, 0.4) is 0 Å². The molecule has 2 unspecified atom stereocenters. The molecule has 14 atom stereocenters. The molecule has 520 valence electrons. The number of hydrogen-bond donors (Lipinski definition) is 12. The van der Waals surface area contributed by atoms with Gasteiger partial charge in [-0.05, 0) is 95.7 Å². The molecule has 34 nitrogen and oxygen atoms in total. The van der Waals surface area contributed by atoms with E-state index in [0.717, 1.165) is 23.5 Å². The van der Waals surface area contributed by atoms with E-state index in [4.69, 9.17) is 56.2 Å². The minimum atomic E-state index is -4.78. The van der Waals surface area contributed by atoms with Gasteiger partial charge < -0.3 is 75.0 Å². The summed E-state index contributed by atoms with van der Waals surface area (Å²) < 4.78 is 106. The maximum Gasteiger partial charge on any atom is 0.389 e. The van der Waals surface area contributed by atoms with Crippen molar-refractivity contribution in [3.63, 3.8) is 0 Å². The van der Waals surface area contributed by atoms with E-state index in [1.54, 1.807) is 52.0 Å². The standard InChI is InChI=1S/C56H75F2N19O15P2S2/c1-27(2)39(59)50(80)74-33(7-5-17-64-55(62)83)48(78)72-31-13-9-29(10-14-31)21-95-93(85)88-20-36-44(38(58)54(90-36)77-26-71-42-47(77)68-24-69-52(42)82)92-94(86,87-19-35-43(91-93)37(57)53(89-35)76-25-70-41-45(61)66-23-67-46(41)76)96-22-30-11-15-32(16-12-30)73-49(79)34(8-6-18-65-56(63)84)75-51(81)40(60)28(3)4/h9-16,23-28,33-40,43-44,53-54H,5-8,17-22,59-60H2,1-4H3,(H,72,78)(H,73,79)(H,74,80)(H,75,81)(H2,61,66,67)(H3,62,64,83)(H3,63,65,84)(H,68,69,82)/t33-,34-,35+,36+,37+,38+,39-,40-,43+,44+,53+,54+,93?,94?/m0/s1. The number of carbonyl (C=O) groups excluding carboxylic acids is 6. The largest absolute Gasteiger partial charge is 0.389 e. The molecule has 3 aliphatic heterocycles. The number of hydrogen-bond acceptors (Lipinski definition) is 25. The van der Waals surface area contributed by atoms with Crippen LogP contribution in [0.1, 0.15) is 77.0 Å². The number of fused-ring (bicyclic) bond motifs is 4. The van der Waals surface area contributed by atoms with E-state index in [2.05, 4.69) is 61.8 Å². The molecule has 0 bridgehead atoms. The van der Waals surface area contributed by atoms with Crippen molar-refractivity contribution in [1.82, 2.24) is 60.3 Å². The first kappa shape index (κ1) is 72.5. The van der Waals surface area contributed by atoms with Crippen LogP contribution in [-0.2, 0) is 67.4 Å². The van der Waals surface area contributed by atoms with Crippen LogP contribution >= 0.6 is 36.4 Å². The van der Waals surface area contributed by atoms with Gasteiger partial charge in [0.1, 0.15) is 48.3 Å². The fraction of sp³-hybridized carbons (Fsp3) is 0.500. The first-order valence-corrected chi connectivity index (χ1v) is 36.5. The number of ether oxygens (including phenoxy) is 2. The first-order valence-electron chi connectivity index (χ1n) is 30.3. The van der Waals surface area contributed by atoms with E-state index in [9.17, 15) is 33.6 Å². The average Bonchev–Trinajstić information content (AvgIpc) is 1.61. The highest BCUT2D eigenvalue weighted by atomic mass is 32.7. The number of benzene rings is 2. The summed E-state index contributed by atoms with van der Waals surface area (Å²) in [6.45, 7) is -3.99. The zero-order valence-corrected chi connectivity index (χ0v) is 55.6. The molecule has 0 saturated carbocycles. The molecule has 0 radical (unpaired) electrons. The van der Waals surface area contributed by atoms with Gasteiger partial charge in [-0.25, -0.2) is 52.4 Å². The number of halogens is 2. The number of nitrogen functional groups attached to an aromatic ring is 1. The van der Waals surface area contributed by atoms with Crippen molar-refractivity contribution in [1.29, 1.82) is 0 Å². The Bertz CT molecular complexity index is 3920. The maximum atomic E-state index is 17.6. The number of imidazole rings is 2. The van der Waals surface area contributed by atoms with Crippen LogP contribution < -0.4 is 66.1 Å². The van der Waals surface area contributed by atoms with Crippen molar-refractivity contribution in [2.45, 2.75) is 138 Å². The Kier molecular flexibility index (Phi) is 24.2. The van der Waals surface area contributed by atoms with Gasteiger partial charge in [0, 0.05) is 36.0 Å². The third-order valence-electron chi connectivity index (χ3n) is 15.6. The summed E-state index contributed by atoms with van der Waals surface area (Å²) >= 11 is 1.19. The molecule has 3 fully saturated rings. The third-order valence-corrected chi connectivity index (χ3v) is 22.9. The van der Waals surface area contributed by atoms with Crippen LogP contribution in [0.25, 0.3) is 22.3 Å². The Balaban J connectivity index is 0.982. The number of nitrogens with zero attached hydrogens (tertiary/aromatic N) is 7. The number of anilines is 3. The fourth-order valence-corrected chi connectivity index (χ4v) is 16.9. The van der Waals surface area contributed by atoms with Crippen LogP contribution in [0.5, 0.6) is 0 Å². The van der Waals surface area contributed by atoms with Gasteiger partial charge in [-0.15, -0.1) is 0 Å². The molecule has 9 rings (SSSR count). The maximum absolute atomic E-state index is 17.6. The second kappa shape index (κ2) is 32.1. The van der Waals surface area contributed by atoms with Gasteiger partial charge in [0.2, 0.25) is 23.6 Å². The number of aromatic amines is 1. The van der Waals surface area contributed by atoms with Crippen LogP contribution in [0.2, 0.25) is 0 Å². The number of amides is 8. The Morgan fingerprint density at radius 3 is 1.49 bits per heavy atom. The monoisotopic (exact) mass is 1420 g/mol. The summed E-state index contributed by atoms with van der Waals surface area (Å²) in [7, 11) is 0. The molecule has 2 aromatic carbocycles. The Hall–Kier alpha value is -7.74. The quantitative estimate of drug-likeness (QED) is 0.0272. The molecule has 0 spiro atoms. The summed E-state index contributed by atoms with van der Waals surface area (Å²) in [5, 5.41) is 15.7. The van der Waals surface area contributed by atoms with Crippen LogP contribution in [0.15, 0.2) is 78.6 Å². The second-order valence-corrected chi connectivity index (χ2v) is 31.3. The van der Waals surface area contributed by atoms with Crippen LogP contribution in [-0.4, -0.2) is 162 Å². The molecule has 3 aliphatic rings. The number of carbonyl (C=O) groups is 6. The topological polar surface area (TPSA) is 501 Å². The number of nitrogens with two attached hydrogens (primary N) is 5. The van der Waals surface area contributed by atoms with Gasteiger partial charge in [0.15, 0.2) is 47.4 Å². The van der Waals surface area contributed by atoms with Crippen molar-refractivity contribution in [2.24, 2.45) is 34.8 Å². The minimum Gasteiger partial charge on any atom is -0.382 e. The summed E-state index contributed by atoms with van der Waals surface area (Å²) in [5.74, 6) is -3.23. The van der Waals surface area contributed by atoms with E-state index in [0.29, 0.717) is 33.9 Å². The molecule has 8 amide bonds. The molecular weight excluding hydrogens is 1340 g/mol. The lowest BCUT2D eigenvalue weighted by Crippen LogP contribution is -2.51. The van der Waals surface area contributed by atoms with Crippen molar-refractivity contribution in [3.8, 4) is 0 Å². The van der Waals surface area contributed by atoms with Gasteiger partial charge in [-0.2, -0.15) is 0 Å². The predicted octanol–water partition coefficient (Wildman–Crippen LogP) is 3.62. The molecule has 40 heteroatoms. The predicted molar refractivity (Wildman–Crippen MR) is 348 cm³/mol. The van der Waals surface area contributed by atoms with E-state index in [1.807, 2.05) is 0 Å². The Morgan fingerprint density at radius 2 is 1.06 bits per heavy atom. The number of aromatic nitrogens is 8. The molecule has 3 saturated heterocycles. The van der Waals surface area contributed by atoms with Crippen molar-refractivity contribution < 1.29 is 74.2 Å². The molecule has 96 heavy (non-hydrogen) atoms. The van der Waals surface area contributed by atoms with Crippen molar-refractivity contribution in [3.05, 3.63) is 95.3 Å². The summed E-state index contributed by atoms with van der Waals surface area (Å²) in [4.78, 5) is 112. The van der Waals surface area contributed by atoms with E-state index in [1.165, 1.54) is 35.2 Å². The minimum absolute atomic E-state index is 0.0386. The number of primary amides is 2. The molecular formula is C56H75F2N19O15P2S2. The lowest BCUT2D eigenvalue weighted by atomic mass is 10.0. The third kappa shape index (κ3) is 18.1. The molecule has 6 aromatic rings. The molecule has 7 heterocycles. The molecule has 0 aliphatic carbocycles. The lowest BCUT2D eigenvalue weighted by molar-refractivity contribution is -0.128. The fourth-order valence-electron chi connectivity index (χ4n) is 10.1. The van der Waals surface area contributed by atoms with Gasteiger partial charge in [-0.3, -0.25) is 51.2 Å². The number of rotatable bonds is 26. The average molecular weight is 1420 g/mol. The number of nitrogens with one attached hydrogen (secondary N) is 7. The first-order chi connectivity index (χ1) is 45.7. The van der Waals surface area contributed by atoms with Gasteiger partial charge in [0.25, 0.3) is 5.56 Å². The van der Waals surface area contributed by atoms with Crippen molar-refractivity contribution >= 4 is 112 Å². The second-order valence-electron chi connectivity index (χ2n) is 23.2. The van der Waals surface area contributed by atoms with Crippen LogP contribution in [0.4, 0.5) is 35.6 Å². The van der Waals surface area contributed by atoms with Crippen molar-refractivity contribution in [2.75, 3.05) is 42.7 Å². The van der Waals surface area contributed by atoms with Gasteiger partial charge >= 0.3 is 25.7 Å². The van der Waals surface area contributed by atoms with Gasteiger partial charge in [-0.1, -0.05) is 52.0 Å². The zero-order valence-electron chi connectivity index (χ0n) is 52.2. The molecule has 17 N–H and O–H groups in total. The summed E-state index contributed by atoms with van der Waals surface area (Å²) in [5.41, 5.74) is 29.3. The van der Waals surface area contributed by atoms with Crippen LogP contribution in [0, 0.1) is 11.8 Å². The van der Waals surface area contributed by atoms with E-state index >= 15 is 17.9 Å². The SMILES string of the molecule is CC(C)[C@H](N)C(=O)N[C@@H](CCCNC(N)=O)C(=O)Nc1ccc(CSP2(=O)OC[C@H]3O[C@@H](n4cnc5c(=O)[nH]cnc54)[C@H](F)[C@@H]3OP(=O)(SCc3ccc(NC(=O)[C@H](CCCNC(N)=O)NC(=O)[C@@H](N)C(C)C)cc3)OC[C@H]3O[C@@H](n4cnc5c(N)ncnc54)[C@H](F)[C@@H]3O2)cc1. The number of alkyl halides is 2. The highest BCUT2D eigenvalue weighted by Gasteiger charge is 2.56. The summed E-state index contributed by atoms with van der Waals surface area (Å²) in [6, 6.07) is 6.88. The highest BCUT2D eigenvalue weighted by molar-refractivity contribution is 8.55. The van der Waals surface area contributed by atoms with E-state index < -0.39 is 141 Å². The lowest BCUT2D eigenvalue weighted by Gasteiger charge is -2.30. The number of H-pyrrole nitrogens is 1. The smallest absolute Gasteiger partial charge is 0.382 e. The summed E-state index contributed by atoms with van der Waals surface area (Å²) in [6.07, 6.45) is -9.67. The Morgan fingerprint density at radius 1 is 0.635 bits per heavy atom. The number of urea groups is 2. The normalized spacial score (nSPS) is 24.9. The van der Waals surface area contributed by atoms with E-state index in [-0.39, 0.29) is 102 Å². The van der Waals surface area contributed by atoms with Gasteiger partial charge in [0.05, 0.1) is 44.3 Å². The zero-order chi connectivity index (χ0) is 69.2. The Labute approximate surface area is 554 Å².